The summed E-state index contributed by atoms with van der Waals surface area (Å²) >= 11 is 3.19. The van der Waals surface area contributed by atoms with E-state index in [2.05, 4.69) is 30.6 Å². The second kappa shape index (κ2) is 5.27. The molecule has 21 heavy (non-hydrogen) atoms. The van der Waals surface area contributed by atoms with Crippen LogP contribution in [0.2, 0.25) is 0 Å². The van der Waals surface area contributed by atoms with Gasteiger partial charge in [-0.05, 0) is 46.6 Å². The van der Waals surface area contributed by atoms with Gasteiger partial charge in [-0.15, -0.1) is 0 Å². The molecule has 1 aliphatic rings. The van der Waals surface area contributed by atoms with Crippen molar-refractivity contribution in [3.8, 4) is 5.75 Å². The Balaban J connectivity index is 1.93. The van der Waals surface area contributed by atoms with Crippen molar-refractivity contribution in [3.05, 3.63) is 40.3 Å². The normalized spacial score (nSPS) is 13.6. The number of anilines is 1. The zero-order valence-corrected chi connectivity index (χ0v) is 13.5. The van der Waals surface area contributed by atoms with Gasteiger partial charge >= 0.3 is 0 Å². The molecule has 0 amide bonds. The topological polar surface area (TPSA) is 81.2 Å². The Bertz CT molecular complexity index is 808. The van der Waals surface area contributed by atoms with Crippen LogP contribution in [-0.2, 0) is 16.4 Å². The first-order valence-corrected chi connectivity index (χ1v) is 8.51. The molecule has 0 spiro atoms. The SMILES string of the molecule is Cc1nc(Br)cnc1NS(=O)(=O)c1ccc2c(c1)CCO2. The van der Waals surface area contributed by atoms with E-state index in [0.29, 0.717) is 16.9 Å². The third kappa shape index (κ3) is 2.86. The molecule has 2 heterocycles. The standard InChI is InChI=1S/C13H12BrN3O3S/c1-8-13(15-7-12(14)16-8)17-21(18,19)10-2-3-11-9(6-10)4-5-20-11/h2-3,6-7H,4-5H2,1H3,(H,15,17). The molecule has 8 heteroatoms. The molecule has 2 aromatic rings. The lowest BCUT2D eigenvalue weighted by atomic mass is 10.2. The Morgan fingerprint density at radius 2 is 2.19 bits per heavy atom. The van der Waals surface area contributed by atoms with Gasteiger partial charge in [0.2, 0.25) is 0 Å². The average Bonchev–Trinajstić information content (AvgIpc) is 2.89. The lowest BCUT2D eigenvalue weighted by Gasteiger charge is -2.10. The fourth-order valence-corrected chi connectivity index (χ4v) is 3.56. The van der Waals surface area contributed by atoms with E-state index in [1.54, 1.807) is 19.1 Å². The maximum Gasteiger partial charge on any atom is 0.263 e. The third-order valence-electron chi connectivity index (χ3n) is 3.12. The van der Waals surface area contributed by atoms with Gasteiger partial charge < -0.3 is 4.74 Å². The van der Waals surface area contributed by atoms with Gasteiger partial charge in [0.1, 0.15) is 10.4 Å². The summed E-state index contributed by atoms with van der Waals surface area (Å²) in [6.07, 6.45) is 2.16. The zero-order chi connectivity index (χ0) is 15.0. The highest BCUT2D eigenvalue weighted by Gasteiger charge is 2.20. The minimum absolute atomic E-state index is 0.191. The number of halogens is 1. The lowest BCUT2D eigenvalue weighted by Crippen LogP contribution is -2.15. The molecule has 0 aliphatic carbocycles. The predicted octanol–water partition coefficient (Wildman–Crippen LogP) is 2.28. The fourth-order valence-electron chi connectivity index (χ4n) is 2.07. The number of aryl methyl sites for hydroxylation is 1. The number of nitrogens with zero attached hydrogens (tertiary/aromatic N) is 2. The van der Waals surface area contributed by atoms with Gasteiger partial charge in [0.15, 0.2) is 5.82 Å². The molecule has 0 saturated heterocycles. The maximum absolute atomic E-state index is 12.4. The van der Waals surface area contributed by atoms with Crippen LogP contribution in [0, 0.1) is 6.92 Å². The van der Waals surface area contributed by atoms with Gasteiger partial charge in [-0.25, -0.2) is 18.4 Å². The number of ether oxygens (including phenoxy) is 1. The highest BCUT2D eigenvalue weighted by Crippen LogP contribution is 2.28. The largest absolute Gasteiger partial charge is 0.493 e. The second-order valence-electron chi connectivity index (χ2n) is 4.60. The number of hydrogen-bond acceptors (Lipinski definition) is 5. The van der Waals surface area contributed by atoms with Crippen molar-refractivity contribution >= 4 is 31.8 Å². The molecule has 0 saturated carbocycles. The summed E-state index contributed by atoms with van der Waals surface area (Å²) in [6.45, 7) is 2.27. The second-order valence-corrected chi connectivity index (χ2v) is 7.10. The van der Waals surface area contributed by atoms with E-state index in [1.807, 2.05) is 0 Å². The van der Waals surface area contributed by atoms with Crippen molar-refractivity contribution in [1.29, 1.82) is 0 Å². The molecule has 6 nitrogen and oxygen atoms in total. The van der Waals surface area contributed by atoms with Crippen LogP contribution in [0.25, 0.3) is 0 Å². The van der Waals surface area contributed by atoms with Gasteiger partial charge in [-0.3, -0.25) is 4.72 Å². The molecule has 0 bridgehead atoms. The zero-order valence-electron chi connectivity index (χ0n) is 11.1. The first-order chi connectivity index (χ1) is 9.95. The van der Waals surface area contributed by atoms with Gasteiger partial charge in [0.25, 0.3) is 10.0 Å². The maximum atomic E-state index is 12.4. The highest BCUT2D eigenvalue weighted by atomic mass is 79.9. The van der Waals surface area contributed by atoms with Crippen molar-refractivity contribution in [2.75, 3.05) is 11.3 Å². The summed E-state index contributed by atoms with van der Waals surface area (Å²) in [5.41, 5.74) is 1.40. The van der Waals surface area contributed by atoms with Crippen molar-refractivity contribution < 1.29 is 13.2 Å². The highest BCUT2D eigenvalue weighted by molar-refractivity contribution is 9.10. The lowest BCUT2D eigenvalue weighted by molar-refractivity contribution is 0.356. The van der Waals surface area contributed by atoms with Gasteiger partial charge in [-0.1, -0.05) is 0 Å². The molecule has 1 aromatic heterocycles. The third-order valence-corrected chi connectivity index (χ3v) is 4.84. The first-order valence-electron chi connectivity index (χ1n) is 6.23. The number of rotatable bonds is 3. The Labute approximate surface area is 130 Å². The van der Waals surface area contributed by atoms with Gasteiger partial charge in [0.05, 0.1) is 23.4 Å². The van der Waals surface area contributed by atoms with Crippen LogP contribution in [0.3, 0.4) is 0 Å². The van der Waals surface area contributed by atoms with E-state index in [0.717, 1.165) is 17.7 Å². The molecule has 1 aromatic carbocycles. The summed E-state index contributed by atoms with van der Waals surface area (Å²) < 4.78 is 33.2. The smallest absolute Gasteiger partial charge is 0.263 e. The van der Waals surface area contributed by atoms with E-state index in [9.17, 15) is 8.42 Å². The average molecular weight is 370 g/mol. The molecular weight excluding hydrogens is 358 g/mol. The Morgan fingerprint density at radius 1 is 1.38 bits per heavy atom. The van der Waals surface area contributed by atoms with E-state index >= 15 is 0 Å². The van der Waals surface area contributed by atoms with E-state index in [1.165, 1.54) is 12.3 Å². The van der Waals surface area contributed by atoms with E-state index in [-0.39, 0.29) is 10.7 Å². The summed E-state index contributed by atoms with van der Waals surface area (Å²) in [7, 11) is -3.69. The van der Waals surface area contributed by atoms with Crippen molar-refractivity contribution in [2.24, 2.45) is 0 Å². The number of aromatic nitrogens is 2. The summed E-state index contributed by atoms with van der Waals surface area (Å²) in [4.78, 5) is 8.34. The molecule has 1 N–H and O–H groups in total. The number of benzene rings is 1. The van der Waals surface area contributed by atoms with Crippen LogP contribution in [0.5, 0.6) is 5.75 Å². The molecule has 0 radical (unpaired) electrons. The molecule has 1 aliphatic heterocycles. The van der Waals surface area contributed by atoms with Crippen LogP contribution >= 0.6 is 15.9 Å². The minimum Gasteiger partial charge on any atom is -0.493 e. The quantitative estimate of drug-likeness (QED) is 0.897. The van der Waals surface area contributed by atoms with Crippen LogP contribution in [0.4, 0.5) is 5.82 Å². The van der Waals surface area contributed by atoms with Crippen molar-refractivity contribution in [1.82, 2.24) is 9.97 Å². The van der Waals surface area contributed by atoms with Crippen LogP contribution in [-0.4, -0.2) is 25.0 Å². The number of nitrogens with one attached hydrogen (secondary N) is 1. The van der Waals surface area contributed by atoms with E-state index in [4.69, 9.17) is 4.74 Å². The Morgan fingerprint density at radius 3 is 2.95 bits per heavy atom. The van der Waals surface area contributed by atoms with Crippen molar-refractivity contribution in [2.45, 2.75) is 18.2 Å². The van der Waals surface area contributed by atoms with Crippen molar-refractivity contribution in [3.63, 3.8) is 0 Å². The van der Waals surface area contributed by atoms with E-state index < -0.39 is 10.0 Å². The monoisotopic (exact) mass is 369 g/mol. The summed E-state index contributed by atoms with van der Waals surface area (Å²) in [5.74, 6) is 0.962. The van der Waals surface area contributed by atoms with Crippen LogP contribution < -0.4 is 9.46 Å². The fraction of sp³-hybridized carbons (Fsp3) is 0.231. The first kappa shape index (κ1) is 14.3. The summed E-state index contributed by atoms with van der Waals surface area (Å²) in [5, 5.41) is 0. The molecule has 0 unspecified atom stereocenters. The van der Waals surface area contributed by atoms with Crippen LogP contribution in [0.1, 0.15) is 11.3 Å². The number of hydrogen-bond donors (Lipinski definition) is 1. The Hall–Kier alpha value is -1.67. The molecule has 0 fully saturated rings. The molecule has 0 atom stereocenters. The Kier molecular flexibility index (Phi) is 3.58. The van der Waals surface area contributed by atoms with Crippen LogP contribution in [0.15, 0.2) is 33.9 Å². The number of fused-ring (bicyclic) bond motifs is 1. The van der Waals surface area contributed by atoms with Gasteiger partial charge in [0, 0.05) is 6.42 Å². The molecule has 110 valence electrons. The summed E-state index contributed by atoms with van der Waals surface area (Å²) in [6, 6.07) is 4.83. The number of sulfonamides is 1. The van der Waals surface area contributed by atoms with Gasteiger partial charge in [-0.2, -0.15) is 0 Å². The minimum atomic E-state index is -3.69. The molecule has 3 rings (SSSR count). The predicted molar refractivity (Wildman–Crippen MR) is 80.9 cm³/mol. The molecular formula is C13H12BrN3O3S.